The first-order valence-electron chi connectivity index (χ1n) is 11.4. The van der Waals surface area contributed by atoms with E-state index in [9.17, 15) is 9.18 Å². The van der Waals surface area contributed by atoms with Crippen LogP contribution in [0.15, 0.2) is 47.5 Å². The summed E-state index contributed by atoms with van der Waals surface area (Å²) >= 11 is 5.94. The highest BCUT2D eigenvalue weighted by molar-refractivity contribution is 6.30. The lowest BCUT2D eigenvalue weighted by atomic mass is 9.67. The topological polar surface area (TPSA) is 41.5 Å². The summed E-state index contributed by atoms with van der Waals surface area (Å²) in [5, 5.41) is 5.71. The van der Waals surface area contributed by atoms with Crippen LogP contribution in [0.25, 0.3) is 5.57 Å². The first-order valence-corrected chi connectivity index (χ1v) is 11.8. The first-order chi connectivity index (χ1) is 15.0. The Morgan fingerprint density at radius 2 is 1.81 bits per heavy atom. The normalized spacial score (nSPS) is 27.6. The van der Waals surface area contributed by atoms with E-state index in [1.54, 1.807) is 18.2 Å². The summed E-state index contributed by atoms with van der Waals surface area (Å²) in [6.45, 7) is 0.808. The fourth-order valence-corrected chi connectivity index (χ4v) is 6.13. The summed E-state index contributed by atoms with van der Waals surface area (Å²) in [6, 6.07) is 12.3. The number of carbonyl (C=O) groups is 1. The molecular weight excluding hydrogens is 411 g/mol. The number of fused-ring (bicyclic) bond motifs is 1. The molecule has 3 aliphatic rings. The number of carbonyl (C=O) groups excluding carboxylic acids is 1. The molecule has 0 aromatic heterocycles. The van der Waals surface area contributed by atoms with Gasteiger partial charge in [-0.25, -0.2) is 4.39 Å². The van der Waals surface area contributed by atoms with Crippen LogP contribution in [0, 0.1) is 23.1 Å². The zero-order valence-electron chi connectivity index (χ0n) is 17.7. The summed E-state index contributed by atoms with van der Waals surface area (Å²) in [6.07, 6.45) is 8.62. The van der Waals surface area contributed by atoms with Gasteiger partial charge in [0.2, 0.25) is 5.91 Å². The largest absolute Gasteiger partial charge is 0.326 e. The van der Waals surface area contributed by atoms with E-state index >= 15 is 0 Å². The van der Waals surface area contributed by atoms with Gasteiger partial charge in [0, 0.05) is 28.4 Å². The van der Waals surface area contributed by atoms with Crippen LogP contribution >= 0.6 is 11.6 Å². The molecule has 1 unspecified atom stereocenters. The molecule has 1 heterocycles. The minimum atomic E-state index is -0.175. The summed E-state index contributed by atoms with van der Waals surface area (Å²) in [4.78, 5) is 17.4. The van der Waals surface area contributed by atoms with Crippen molar-refractivity contribution in [1.29, 1.82) is 0 Å². The van der Waals surface area contributed by atoms with Crippen LogP contribution in [0.2, 0.25) is 5.02 Å². The van der Waals surface area contributed by atoms with Crippen molar-refractivity contribution in [2.75, 3.05) is 11.9 Å². The van der Waals surface area contributed by atoms with Crippen LogP contribution in [0.1, 0.15) is 51.4 Å². The van der Waals surface area contributed by atoms with Crippen molar-refractivity contribution < 1.29 is 9.18 Å². The van der Waals surface area contributed by atoms with Crippen molar-refractivity contribution >= 4 is 28.8 Å². The van der Waals surface area contributed by atoms with Gasteiger partial charge < -0.3 is 5.32 Å². The predicted octanol–water partition coefficient (Wildman–Crippen LogP) is 5.27. The number of hydrogen-bond donors (Lipinski definition) is 1. The van der Waals surface area contributed by atoms with Crippen LogP contribution in [0.5, 0.6) is 0 Å². The Bertz CT molecular complexity index is 1100. The smallest absolute Gasteiger partial charge is 0.227 e. The lowest BCUT2D eigenvalue weighted by molar-refractivity contribution is -0.120. The van der Waals surface area contributed by atoms with E-state index < -0.39 is 0 Å². The van der Waals surface area contributed by atoms with Crippen molar-refractivity contribution in [2.45, 2.75) is 51.4 Å². The highest BCUT2D eigenvalue weighted by Gasteiger charge is 2.44. The SMILES string of the molecule is O=C(Nc1ccc(Cl)cc1)C1CCC2(CCC(C3=c4cc(F)ccc4=NCC3)CC2)C1. The molecule has 1 atom stereocenters. The quantitative estimate of drug-likeness (QED) is 0.696. The average molecular weight is 439 g/mol. The van der Waals surface area contributed by atoms with Gasteiger partial charge in [0.15, 0.2) is 0 Å². The second kappa shape index (κ2) is 8.38. The molecule has 0 radical (unpaired) electrons. The van der Waals surface area contributed by atoms with E-state index in [1.165, 1.54) is 11.6 Å². The predicted molar refractivity (Wildman–Crippen MR) is 122 cm³/mol. The summed E-state index contributed by atoms with van der Waals surface area (Å²) in [5.41, 5.74) is 2.50. The lowest BCUT2D eigenvalue weighted by Crippen LogP contribution is -2.35. The molecule has 2 aromatic rings. The Balaban J connectivity index is 1.24. The molecule has 2 fully saturated rings. The number of nitrogens with zero attached hydrogens (tertiary/aromatic N) is 1. The van der Waals surface area contributed by atoms with Gasteiger partial charge >= 0.3 is 0 Å². The van der Waals surface area contributed by atoms with Crippen molar-refractivity contribution in [3.8, 4) is 0 Å². The number of halogens is 2. The maximum Gasteiger partial charge on any atom is 0.227 e. The fraction of sp³-hybridized carbons (Fsp3) is 0.462. The second-order valence-corrected chi connectivity index (χ2v) is 9.97. The molecule has 0 saturated heterocycles. The Morgan fingerprint density at radius 1 is 1.06 bits per heavy atom. The maximum absolute atomic E-state index is 13.9. The van der Waals surface area contributed by atoms with Gasteiger partial charge in [-0.1, -0.05) is 17.2 Å². The zero-order chi connectivity index (χ0) is 21.4. The molecule has 1 aliphatic heterocycles. The van der Waals surface area contributed by atoms with Gasteiger partial charge in [-0.05, 0) is 105 Å². The van der Waals surface area contributed by atoms with Crippen LogP contribution in [-0.2, 0) is 4.79 Å². The van der Waals surface area contributed by atoms with E-state index in [2.05, 4.69) is 10.3 Å². The number of nitrogens with one attached hydrogen (secondary N) is 1. The van der Waals surface area contributed by atoms with Gasteiger partial charge in [-0.2, -0.15) is 0 Å². The van der Waals surface area contributed by atoms with E-state index in [0.717, 1.165) is 74.2 Å². The van der Waals surface area contributed by atoms with Crippen LogP contribution < -0.4 is 15.9 Å². The number of anilines is 1. The molecule has 2 saturated carbocycles. The van der Waals surface area contributed by atoms with Crippen molar-refractivity contribution in [3.05, 3.63) is 63.9 Å². The zero-order valence-corrected chi connectivity index (χ0v) is 18.4. The molecule has 5 heteroatoms. The van der Waals surface area contributed by atoms with E-state index in [0.29, 0.717) is 16.4 Å². The number of amides is 1. The highest BCUT2D eigenvalue weighted by atomic mass is 35.5. The minimum absolute atomic E-state index is 0.0863. The lowest BCUT2D eigenvalue weighted by Gasteiger charge is -2.38. The van der Waals surface area contributed by atoms with Gasteiger partial charge in [0.05, 0.1) is 5.36 Å². The average Bonchev–Trinajstić information content (AvgIpc) is 3.19. The molecule has 0 bridgehead atoms. The molecule has 5 rings (SSSR count). The summed E-state index contributed by atoms with van der Waals surface area (Å²) < 4.78 is 13.9. The number of rotatable bonds is 3. The molecule has 3 nitrogen and oxygen atoms in total. The summed E-state index contributed by atoms with van der Waals surface area (Å²) in [5.74, 6) is 0.562. The molecule has 1 spiro atoms. The number of benzene rings is 2. The van der Waals surface area contributed by atoms with Crippen LogP contribution in [-0.4, -0.2) is 12.5 Å². The van der Waals surface area contributed by atoms with Crippen LogP contribution in [0.3, 0.4) is 0 Å². The fourth-order valence-electron chi connectivity index (χ4n) is 6.00. The van der Waals surface area contributed by atoms with Crippen molar-refractivity contribution in [2.24, 2.45) is 22.2 Å². The maximum atomic E-state index is 13.9. The van der Waals surface area contributed by atoms with E-state index in [4.69, 9.17) is 11.6 Å². The Morgan fingerprint density at radius 3 is 2.58 bits per heavy atom. The third kappa shape index (κ3) is 4.27. The monoisotopic (exact) mass is 438 g/mol. The minimum Gasteiger partial charge on any atom is -0.326 e. The molecular formula is C26H28ClFN2O. The molecule has 31 heavy (non-hydrogen) atoms. The number of hydrogen-bond acceptors (Lipinski definition) is 2. The van der Waals surface area contributed by atoms with Crippen molar-refractivity contribution in [1.82, 2.24) is 0 Å². The first kappa shape index (κ1) is 20.7. The third-order valence-electron chi connectivity index (χ3n) is 7.69. The van der Waals surface area contributed by atoms with E-state index in [-0.39, 0.29) is 17.6 Å². The van der Waals surface area contributed by atoms with Gasteiger partial charge in [-0.3, -0.25) is 9.79 Å². The second-order valence-electron chi connectivity index (χ2n) is 9.53. The van der Waals surface area contributed by atoms with E-state index in [1.807, 2.05) is 18.2 Å². The molecule has 1 N–H and O–H groups in total. The van der Waals surface area contributed by atoms with Crippen molar-refractivity contribution in [3.63, 3.8) is 0 Å². The molecule has 2 aromatic carbocycles. The molecule has 162 valence electrons. The Labute approximate surface area is 187 Å². The molecule has 1 amide bonds. The Kier molecular flexibility index (Phi) is 5.60. The summed E-state index contributed by atoms with van der Waals surface area (Å²) in [7, 11) is 0. The Hall–Kier alpha value is -2.20. The van der Waals surface area contributed by atoms with Crippen LogP contribution in [0.4, 0.5) is 10.1 Å². The standard InChI is InChI=1S/C26H28ClFN2O/c27-19-1-4-21(5-2-19)30-25(31)18-9-13-26(16-18)11-7-17(8-12-26)22-10-14-29-24-6-3-20(28)15-23(22)24/h1-6,15,17-18H,7-14,16H2,(H,30,31). The van der Waals surface area contributed by atoms with Gasteiger partial charge in [0.1, 0.15) is 5.82 Å². The highest BCUT2D eigenvalue weighted by Crippen LogP contribution is 2.53. The van der Waals surface area contributed by atoms with Gasteiger partial charge in [0.25, 0.3) is 0 Å². The third-order valence-corrected chi connectivity index (χ3v) is 7.94. The van der Waals surface area contributed by atoms with Gasteiger partial charge in [-0.15, -0.1) is 0 Å². The molecule has 2 aliphatic carbocycles.